The maximum absolute atomic E-state index is 4.76. The molecule has 21 heavy (non-hydrogen) atoms. The van der Waals surface area contributed by atoms with Crippen LogP contribution in [0.4, 0.5) is 0 Å². The lowest BCUT2D eigenvalue weighted by Gasteiger charge is -2.16. The van der Waals surface area contributed by atoms with Crippen molar-refractivity contribution in [3.8, 4) is 0 Å². The van der Waals surface area contributed by atoms with Gasteiger partial charge in [0.05, 0.1) is 15.2 Å². The summed E-state index contributed by atoms with van der Waals surface area (Å²) in [6.07, 6.45) is 0.969. The fraction of sp³-hybridized carbons (Fsp3) is 0.235. The Hall–Kier alpha value is -1.23. The van der Waals surface area contributed by atoms with E-state index in [0.29, 0.717) is 5.92 Å². The zero-order valence-corrected chi connectivity index (χ0v) is 14.2. The zero-order valence-electron chi connectivity index (χ0n) is 11.8. The van der Waals surface area contributed by atoms with Crippen LogP contribution >= 0.6 is 27.3 Å². The van der Waals surface area contributed by atoms with Gasteiger partial charge in [0, 0.05) is 23.4 Å². The van der Waals surface area contributed by atoms with Gasteiger partial charge in [0.25, 0.3) is 0 Å². The van der Waals surface area contributed by atoms with Gasteiger partial charge in [0.2, 0.25) is 0 Å². The van der Waals surface area contributed by atoms with Crippen LogP contribution in [0.2, 0.25) is 0 Å². The molecule has 3 rings (SSSR count). The normalized spacial score (nSPS) is 12.7. The molecule has 1 N–H and O–H groups in total. The van der Waals surface area contributed by atoms with Crippen LogP contribution in [0.3, 0.4) is 0 Å². The third-order valence-electron chi connectivity index (χ3n) is 3.53. The maximum atomic E-state index is 4.76. The van der Waals surface area contributed by atoms with E-state index in [1.54, 1.807) is 11.3 Å². The second kappa shape index (κ2) is 6.69. The minimum Gasteiger partial charge on any atom is -0.319 e. The number of likely N-dealkylation sites (N-methyl/N-ethyl adjacent to an activating group) is 1. The average molecular weight is 361 g/mol. The molecule has 0 amide bonds. The predicted octanol–water partition coefficient (Wildman–Crippen LogP) is 4.60. The highest BCUT2D eigenvalue weighted by Crippen LogP contribution is 2.28. The summed E-state index contributed by atoms with van der Waals surface area (Å²) >= 11 is 5.36. The zero-order chi connectivity index (χ0) is 14.7. The second-order valence-corrected chi connectivity index (χ2v) is 7.12. The number of halogens is 1. The molecule has 4 heteroatoms. The highest BCUT2D eigenvalue weighted by Gasteiger charge is 2.14. The van der Waals surface area contributed by atoms with Crippen LogP contribution in [0.1, 0.15) is 16.5 Å². The van der Waals surface area contributed by atoms with Gasteiger partial charge in [-0.1, -0.05) is 40.2 Å². The summed E-state index contributed by atoms with van der Waals surface area (Å²) in [5, 5.41) is 4.51. The molecule has 108 valence electrons. The molecule has 0 saturated carbocycles. The molecular formula is C17H17BrN2S. The summed E-state index contributed by atoms with van der Waals surface area (Å²) in [5.74, 6) is 0.438. The maximum Gasteiger partial charge on any atom is 0.0945 e. The molecule has 0 radical (unpaired) electrons. The van der Waals surface area contributed by atoms with Gasteiger partial charge in [-0.3, -0.25) is 0 Å². The largest absolute Gasteiger partial charge is 0.319 e. The molecule has 0 fully saturated rings. The Morgan fingerprint density at radius 2 is 2.05 bits per heavy atom. The Balaban J connectivity index is 1.87. The summed E-state index contributed by atoms with van der Waals surface area (Å²) in [7, 11) is 2.00. The fourth-order valence-corrected chi connectivity index (χ4v) is 4.00. The summed E-state index contributed by atoms with van der Waals surface area (Å²) < 4.78 is 2.40. The minimum absolute atomic E-state index is 0.438. The van der Waals surface area contributed by atoms with E-state index < -0.39 is 0 Å². The van der Waals surface area contributed by atoms with Crippen molar-refractivity contribution in [2.45, 2.75) is 12.3 Å². The van der Waals surface area contributed by atoms with E-state index in [9.17, 15) is 0 Å². The number of hydrogen-bond donors (Lipinski definition) is 1. The van der Waals surface area contributed by atoms with Crippen molar-refractivity contribution in [2.24, 2.45) is 0 Å². The Morgan fingerprint density at radius 1 is 1.19 bits per heavy atom. The van der Waals surface area contributed by atoms with Crippen LogP contribution in [0, 0.1) is 0 Å². The van der Waals surface area contributed by atoms with Crippen LogP contribution in [0.15, 0.2) is 53.0 Å². The molecule has 1 aromatic heterocycles. The lowest BCUT2D eigenvalue weighted by Crippen LogP contribution is -2.19. The van der Waals surface area contributed by atoms with Gasteiger partial charge in [-0.2, -0.15) is 0 Å². The van der Waals surface area contributed by atoms with Crippen molar-refractivity contribution < 1.29 is 0 Å². The molecule has 2 nitrogen and oxygen atoms in total. The van der Waals surface area contributed by atoms with Gasteiger partial charge in [-0.15, -0.1) is 11.3 Å². The third-order valence-corrected chi connectivity index (χ3v) is 5.08. The van der Waals surface area contributed by atoms with Gasteiger partial charge >= 0.3 is 0 Å². The monoisotopic (exact) mass is 360 g/mol. The Bertz CT molecular complexity index is 705. The first-order chi connectivity index (χ1) is 10.3. The van der Waals surface area contributed by atoms with Gasteiger partial charge in [0.15, 0.2) is 0 Å². The van der Waals surface area contributed by atoms with Gasteiger partial charge < -0.3 is 5.32 Å². The van der Waals surface area contributed by atoms with Gasteiger partial charge in [0.1, 0.15) is 0 Å². The number of hydrogen-bond acceptors (Lipinski definition) is 3. The molecule has 2 aromatic carbocycles. The smallest absolute Gasteiger partial charge is 0.0945 e. The van der Waals surface area contributed by atoms with E-state index in [4.69, 9.17) is 4.98 Å². The Labute approximate surface area is 137 Å². The third kappa shape index (κ3) is 3.51. The van der Waals surface area contributed by atoms with Crippen molar-refractivity contribution in [1.29, 1.82) is 0 Å². The van der Waals surface area contributed by atoms with E-state index >= 15 is 0 Å². The van der Waals surface area contributed by atoms with E-state index in [1.807, 2.05) is 13.1 Å². The van der Waals surface area contributed by atoms with Crippen LogP contribution in [0.25, 0.3) is 10.2 Å². The molecule has 3 aromatic rings. The summed E-state index contributed by atoms with van der Waals surface area (Å²) in [5.41, 5.74) is 2.45. The molecule has 1 unspecified atom stereocenters. The minimum atomic E-state index is 0.438. The van der Waals surface area contributed by atoms with E-state index in [-0.39, 0.29) is 0 Å². The molecule has 1 atom stereocenters. The summed E-state index contributed by atoms with van der Waals surface area (Å²) in [6.45, 7) is 0.951. The standard InChI is InChI=1S/C17H17BrN2S/c1-19-11-13(12-5-4-6-14(18)9-12)10-17-20-15-7-2-3-8-16(15)21-17/h2-9,13,19H,10-11H2,1H3. The number of nitrogens with zero attached hydrogens (tertiary/aromatic N) is 1. The number of thiazole rings is 1. The number of rotatable bonds is 5. The Kier molecular flexibility index (Phi) is 4.68. The second-order valence-electron chi connectivity index (χ2n) is 5.09. The summed E-state index contributed by atoms with van der Waals surface area (Å²) in [4.78, 5) is 4.76. The molecule has 0 aliphatic rings. The average Bonchev–Trinajstić information content (AvgIpc) is 2.89. The lowest BCUT2D eigenvalue weighted by molar-refractivity contribution is 0.624. The first kappa shape index (κ1) is 14.7. The van der Waals surface area contributed by atoms with E-state index in [2.05, 4.69) is 63.7 Å². The van der Waals surface area contributed by atoms with Crippen LogP contribution in [0.5, 0.6) is 0 Å². The highest BCUT2D eigenvalue weighted by molar-refractivity contribution is 9.10. The van der Waals surface area contributed by atoms with Crippen LogP contribution in [-0.2, 0) is 6.42 Å². The number of para-hydroxylation sites is 1. The first-order valence-corrected chi connectivity index (χ1v) is 8.61. The van der Waals surface area contributed by atoms with E-state index in [1.165, 1.54) is 15.3 Å². The molecule has 1 heterocycles. The van der Waals surface area contributed by atoms with Gasteiger partial charge in [-0.25, -0.2) is 4.98 Å². The number of benzene rings is 2. The van der Waals surface area contributed by atoms with Crippen molar-refractivity contribution in [1.82, 2.24) is 10.3 Å². The molecule has 0 saturated heterocycles. The number of nitrogens with one attached hydrogen (secondary N) is 1. The fourth-order valence-electron chi connectivity index (χ4n) is 2.53. The van der Waals surface area contributed by atoms with Crippen LogP contribution in [-0.4, -0.2) is 18.6 Å². The number of aromatic nitrogens is 1. The molecule has 0 spiro atoms. The first-order valence-electron chi connectivity index (χ1n) is 7.01. The quantitative estimate of drug-likeness (QED) is 0.718. The topological polar surface area (TPSA) is 24.9 Å². The van der Waals surface area contributed by atoms with Gasteiger partial charge in [-0.05, 0) is 36.9 Å². The predicted molar refractivity (Wildman–Crippen MR) is 94.1 cm³/mol. The molecule has 0 aliphatic heterocycles. The van der Waals surface area contributed by atoms with Crippen LogP contribution < -0.4 is 5.32 Å². The lowest BCUT2D eigenvalue weighted by atomic mass is 9.96. The molecule has 0 aliphatic carbocycles. The van der Waals surface area contributed by atoms with Crippen molar-refractivity contribution >= 4 is 37.5 Å². The highest BCUT2D eigenvalue weighted by atomic mass is 79.9. The SMILES string of the molecule is CNCC(Cc1nc2ccccc2s1)c1cccc(Br)c1. The van der Waals surface area contributed by atoms with E-state index in [0.717, 1.165) is 23.0 Å². The number of fused-ring (bicyclic) bond motifs is 1. The van der Waals surface area contributed by atoms with Crippen molar-refractivity contribution in [3.05, 3.63) is 63.6 Å². The molecule has 0 bridgehead atoms. The Morgan fingerprint density at radius 3 is 2.81 bits per heavy atom. The van der Waals surface area contributed by atoms with Crippen molar-refractivity contribution in [3.63, 3.8) is 0 Å². The molecular weight excluding hydrogens is 344 g/mol. The summed E-state index contributed by atoms with van der Waals surface area (Å²) in [6, 6.07) is 16.9. The van der Waals surface area contributed by atoms with Crippen molar-refractivity contribution in [2.75, 3.05) is 13.6 Å².